The molecular formula is C13H26N2. The normalized spacial score (nSPS) is 39.0. The number of hydrogen-bond donors (Lipinski definition) is 1. The minimum absolute atomic E-state index is 0.347. The molecule has 2 atom stereocenters. The molecule has 2 heteroatoms. The van der Waals surface area contributed by atoms with Crippen LogP contribution in [-0.4, -0.2) is 36.1 Å². The predicted octanol–water partition coefficient (Wildman–Crippen LogP) is 2.25. The summed E-state index contributed by atoms with van der Waals surface area (Å²) < 4.78 is 0. The van der Waals surface area contributed by atoms with Crippen LogP contribution in [-0.2, 0) is 0 Å². The van der Waals surface area contributed by atoms with Crippen LogP contribution in [0.25, 0.3) is 0 Å². The van der Waals surface area contributed by atoms with Gasteiger partial charge >= 0.3 is 0 Å². The molecule has 1 N–H and O–H groups in total. The molecule has 2 fully saturated rings. The molecule has 0 aromatic heterocycles. The fourth-order valence-electron chi connectivity index (χ4n) is 2.54. The molecule has 2 aliphatic rings. The lowest BCUT2D eigenvalue weighted by atomic mass is 9.98. The summed E-state index contributed by atoms with van der Waals surface area (Å²) in [6, 6.07) is 0.770. The van der Waals surface area contributed by atoms with Gasteiger partial charge < -0.3 is 5.32 Å². The maximum absolute atomic E-state index is 3.72. The highest BCUT2D eigenvalue weighted by Crippen LogP contribution is 2.31. The largest absolute Gasteiger partial charge is 0.310 e. The minimum Gasteiger partial charge on any atom is -0.310 e. The van der Waals surface area contributed by atoms with E-state index in [1.165, 1.54) is 45.3 Å². The fourth-order valence-corrected chi connectivity index (χ4v) is 2.54. The lowest BCUT2D eigenvalue weighted by molar-refractivity contribution is 0.165. The smallest absolute Gasteiger partial charge is 0.0277 e. The molecule has 0 bridgehead atoms. The Morgan fingerprint density at radius 3 is 2.67 bits per heavy atom. The number of rotatable bonds is 3. The van der Waals surface area contributed by atoms with Crippen LogP contribution in [0, 0.1) is 5.92 Å². The Labute approximate surface area is 94.4 Å². The van der Waals surface area contributed by atoms with Gasteiger partial charge in [0, 0.05) is 24.7 Å². The van der Waals surface area contributed by atoms with E-state index in [0.717, 1.165) is 12.0 Å². The van der Waals surface area contributed by atoms with Gasteiger partial charge in [-0.3, -0.25) is 4.90 Å². The Kier molecular flexibility index (Phi) is 3.36. The molecule has 88 valence electrons. The average Bonchev–Trinajstić information content (AvgIpc) is 3.00. The molecular weight excluding hydrogens is 184 g/mol. The zero-order chi connectivity index (χ0) is 10.9. The fraction of sp³-hybridized carbons (Fsp3) is 1.00. The second kappa shape index (κ2) is 4.42. The molecule has 2 rings (SSSR count). The van der Waals surface area contributed by atoms with Crippen LogP contribution >= 0.6 is 0 Å². The second-order valence-corrected chi connectivity index (χ2v) is 5.85. The Morgan fingerprint density at radius 2 is 2.07 bits per heavy atom. The molecule has 2 unspecified atom stereocenters. The molecule has 0 aromatic rings. The van der Waals surface area contributed by atoms with Crippen molar-refractivity contribution in [1.29, 1.82) is 0 Å². The van der Waals surface area contributed by atoms with E-state index >= 15 is 0 Å². The summed E-state index contributed by atoms with van der Waals surface area (Å²) in [6.07, 6.45) is 5.49. The summed E-state index contributed by atoms with van der Waals surface area (Å²) in [5.74, 6) is 1.02. The van der Waals surface area contributed by atoms with Gasteiger partial charge in [-0.15, -0.1) is 0 Å². The molecule has 0 amide bonds. The second-order valence-electron chi connectivity index (χ2n) is 5.85. The number of hydrogen-bond acceptors (Lipinski definition) is 2. The quantitative estimate of drug-likeness (QED) is 0.768. The van der Waals surface area contributed by atoms with Gasteiger partial charge in [-0.1, -0.05) is 6.92 Å². The van der Waals surface area contributed by atoms with E-state index in [9.17, 15) is 0 Å². The van der Waals surface area contributed by atoms with E-state index in [-0.39, 0.29) is 0 Å². The van der Waals surface area contributed by atoms with Gasteiger partial charge in [0.05, 0.1) is 0 Å². The Balaban J connectivity index is 1.97. The maximum atomic E-state index is 3.72. The van der Waals surface area contributed by atoms with Gasteiger partial charge in [0.2, 0.25) is 0 Å². The summed E-state index contributed by atoms with van der Waals surface area (Å²) in [7, 11) is 0. The van der Waals surface area contributed by atoms with Crippen LogP contribution in [0.4, 0.5) is 0 Å². The van der Waals surface area contributed by atoms with Crippen molar-refractivity contribution in [3.8, 4) is 0 Å². The molecule has 1 saturated heterocycles. The zero-order valence-electron chi connectivity index (χ0n) is 10.6. The van der Waals surface area contributed by atoms with Gasteiger partial charge in [0.25, 0.3) is 0 Å². The van der Waals surface area contributed by atoms with E-state index in [2.05, 4.69) is 31.0 Å². The highest BCUT2D eigenvalue weighted by Gasteiger charge is 2.33. The van der Waals surface area contributed by atoms with Gasteiger partial charge in [-0.25, -0.2) is 0 Å². The highest BCUT2D eigenvalue weighted by molar-refractivity contribution is 4.92. The summed E-state index contributed by atoms with van der Waals surface area (Å²) in [6.45, 7) is 10.8. The predicted molar refractivity (Wildman–Crippen MR) is 65.1 cm³/mol. The van der Waals surface area contributed by atoms with E-state index in [1.807, 2.05) is 0 Å². The summed E-state index contributed by atoms with van der Waals surface area (Å²) in [4.78, 5) is 2.72. The van der Waals surface area contributed by atoms with Crippen molar-refractivity contribution in [3.63, 3.8) is 0 Å². The van der Waals surface area contributed by atoms with Crippen molar-refractivity contribution < 1.29 is 0 Å². The van der Waals surface area contributed by atoms with Crippen LogP contribution in [0.2, 0.25) is 0 Å². The van der Waals surface area contributed by atoms with Crippen molar-refractivity contribution in [2.45, 2.75) is 58.0 Å². The van der Waals surface area contributed by atoms with Crippen molar-refractivity contribution in [1.82, 2.24) is 10.2 Å². The molecule has 0 aromatic carbocycles. The maximum Gasteiger partial charge on any atom is 0.0277 e. The molecule has 0 spiro atoms. The average molecular weight is 210 g/mol. The zero-order valence-corrected chi connectivity index (χ0v) is 10.6. The van der Waals surface area contributed by atoms with Crippen molar-refractivity contribution >= 4 is 0 Å². The first-order valence-corrected chi connectivity index (χ1v) is 6.62. The van der Waals surface area contributed by atoms with Gasteiger partial charge in [-0.05, 0) is 52.0 Å². The molecule has 1 aliphatic carbocycles. The van der Waals surface area contributed by atoms with E-state index in [4.69, 9.17) is 0 Å². The molecule has 1 saturated carbocycles. The SMILES string of the molecule is CCC1(C)CN(CC2CC2)C(C)CCN1. The third-order valence-corrected chi connectivity index (χ3v) is 4.26. The van der Waals surface area contributed by atoms with Crippen LogP contribution in [0.3, 0.4) is 0 Å². The lowest BCUT2D eigenvalue weighted by Crippen LogP contribution is -2.49. The Morgan fingerprint density at radius 1 is 1.33 bits per heavy atom. The summed E-state index contributed by atoms with van der Waals surface area (Å²) in [5.41, 5.74) is 0.347. The van der Waals surface area contributed by atoms with Crippen LogP contribution in [0.1, 0.15) is 46.5 Å². The standard InChI is InChI=1S/C13H26N2/c1-4-13(3)10-15(9-12-5-6-12)11(2)7-8-14-13/h11-12,14H,4-10H2,1-3H3. The van der Waals surface area contributed by atoms with Crippen molar-refractivity contribution in [3.05, 3.63) is 0 Å². The van der Waals surface area contributed by atoms with Crippen LogP contribution < -0.4 is 5.32 Å². The van der Waals surface area contributed by atoms with Gasteiger partial charge in [-0.2, -0.15) is 0 Å². The third kappa shape index (κ3) is 2.94. The van der Waals surface area contributed by atoms with Gasteiger partial charge in [0.15, 0.2) is 0 Å². The number of nitrogens with one attached hydrogen (secondary N) is 1. The first kappa shape index (κ1) is 11.4. The molecule has 1 aliphatic heterocycles. The van der Waals surface area contributed by atoms with E-state index < -0.39 is 0 Å². The Hall–Kier alpha value is -0.0800. The van der Waals surface area contributed by atoms with Crippen LogP contribution in [0.15, 0.2) is 0 Å². The first-order chi connectivity index (χ1) is 7.13. The third-order valence-electron chi connectivity index (χ3n) is 4.26. The first-order valence-electron chi connectivity index (χ1n) is 6.62. The van der Waals surface area contributed by atoms with Crippen molar-refractivity contribution in [2.75, 3.05) is 19.6 Å². The van der Waals surface area contributed by atoms with E-state index in [1.54, 1.807) is 0 Å². The highest BCUT2D eigenvalue weighted by atomic mass is 15.2. The van der Waals surface area contributed by atoms with E-state index in [0.29, 0.717) is 5.54 Å². The number of nitrogens with zero attached hydrogens (tertiary/aromatic N) is 1. The summed E-state index contributed by atoms with van der Waals surface area (Å²) >= 11 is 0. The van der Waals surface area contributed by atoms with Gasteiger partial charge in [0.1, 0.15) is 0 Å². The molecule has 15 heavy (non-hydrogen) atoms. The Bertz CT molecular complexity index is 213. The van der Waals surface area contributed by atoms with Crippen LogP contribution in [0.5, 0.6) is 0 Å². The minimum atomic E-state index is 0.347. The lowest BCUT2D eigenvalue weighted by Gasteiger charge is -2.35. The summed E-state index contributed by atoms with van der Waals surface area (Å²) in [5, 5.41) is 3.72. The molecule has 2 nitrogen and oxygen atoms in total. The van der Waals surface area contributed by atoms with Crippen molar-refractivity contribution in [2.24, 2.45) is 5.92 Å². The monoisotopic (exact) mass is 210 g/mol. The topological polar surface area (TPSA) is 15.3 Å². The molecule has 1 heterocycles. The molecule has 0 radical (unpaired) electrons.